The van der Waals surface area contributed by atoms with E-state index in [2.05, 4.69) is 34.2 Å². The Morgan fingerprint density at radius 3 is 2.82 bits per heavy atom. The average Bonchev–Trinajstić information content (AvgIpc) is 2.74. The molecule has 0 unspecified atom stereocenters. The zero-order chi connectivity index (χ0) is 12.3. The smallest absolute Gasteiger partial charge is 0.172 e. The van der Waals surface area contributed by atoms with Gasteiger partial charge in [-0.3, -0.25) is 4.98 Å². The number of halogens is 1. The zero-order valence-electron chi connectivity index (χ0n) is 9.76. The maximum atomic E-state index is 5.81. The molecule has 2 rings (SSSR count). The molecule has 2 heterocycles. The molecule has 0 saturated heterocycles. The molecule has 0 aromatic carbocycles. The van der Waals surface area contributed by atoms with E-state index in [9.17, 15) is 0 Å². The minimum Gasteiger partial charge on any atom is -0.309 e. The Morgan fingerprint density at radius 2 is 2.18 bits per heavy atom. The average molecular weight is 252 g/mol. The summed E-state index contributed by atoms with van der Waals surface area (Å²) >= 11 is 5.81. The summed E-state index contributed by atoms with van der Waals surface area (Å²) in [6.45, 7) is 4.86. The third-order valence-corrected chi connectivity index (χ3v) is 2.34. The quantitative estimate of drug-likeness (QED) is 0.901. The first kappa shape index (κ1) is 12.0. The van der Waals surface area contributed by atoms with Gasteiger partial charge in [-0.25, -0.2) is 9.67 Å². The normalized spacial score (nSPS) is 11.1. The molecule has 0 aliphatic rings. The molecule has 5 nitrogen and oxygen atoms in total. The summed E-state index contributed by atoms with van der Waals surface area (Å²) in [4.78, 5) is 8.59. The Hall–Kier alpha value is -1.46. The molecule has 0 fully saturated rings. The molecule has 17 heavy (non-hydrogen) atoms. The Balaban J connectivity index is 2.16. The lowest BCUT2D eigenvalue weighted by molar-refractivity contribution is 0.579. The number of nitrogens with one attached hydrogen (secondary N) is 1. The first-order chi connectivity index (χ1) is 8.15. The summed E-state index contributed by atoms with van der Waals surface area (Å²) in [5.74, 6) is 0.667. The second-order valence-corrected chi connectivity index (χ2v) is 4.44. The summed E-state index contributed by atoms with van der Waals surface area (Å²) in [7, 11) is 0. The third-order valence-electron chi connectivity index (χ3n) is 2.15. The highest BCUT2D eigenvalue weighted by Crippen LogP contribution is 2.09. The van der Waals surface area contributed by atoms with Crippen molar-refractivity contribution in [3.8, 4) is 5.82 Å². The van der Waals surface area contributed by atoms with Gasteiger partial charge in [0.15, 0.2) is 5.82 Å². The van der Waals surface area contributed by atoms with Gasteiger partial charge in [0.25, 0.3) is 0 Å². The lowest BCUT2D eigenvalue weighted by atomic mass is 10.3. The Bertz CT molecular complexity index is 494. The molecule has 0 bridgehead atoms. The number of rotatable bonds is 4. The minimum absolute atomic E-state index is 0.416. The van der Waals surface area contributed by atoms with Crippen LogP contribution in [0.5, 0.6) is 0 Å². The van der Waals surface area contributed by atoms with Crippen LogP contribution in [0.15, 0.2) is 24.8 Å². The predicted molar refractivity (Wildman–Crippen MR) is 66.1 cm³/mol. The Morgan fingerprint density at radius 1 is 1.35 bits per heavy atom. The summed E-state index contributed by atoms with van der Waals surface area (Å²) < 4.78 is 1.61. The number of aromatic nitrogens is 4. The fraction of sp³-hybridized carbons (Fsp3) is 0.364. The fourth-order valence-electron chi connectivity index (χ4n) is 1.33. The van der Waals surface area contributed by atoms with E-state index in [1.54, 1.807) is 29.5 Å². The second kappa shape index (κ2) is 5.25. The van der Waals surface area contributed by atoms with Crippen molar-refractivity contribution in [3.63, 3.8) is 0 Å². The molecule has 0 amide bonds. The Kier molecular flexibility index (Phi) is 3.71. The summed E-state index contributed by atoms with van der Waals surface area (Å²) in [6.07, 6.45) is 6.67. The highest BCUT2D eigenvalue weighted by atomic mass is 35.5. The molecule has 0 radical (unpaired) electrons. The van der Waals surface area contributed by atoms with Crippen LogP contribution in [0.2, 0.25) is 5.02 Å². The van der Waals surface area contributed by atoms with Gasteiger partial charge in [-0.1, -0.05) is 25.4 Å². The predicted octanol–water partition coefficient (Wildman–Crippen LogP) is 1.81. The highest BCUT2D eigenvalue weighted by Gasteiger charge is 2.03. The van der Waals surface area contributed by atoms with Crippen LogP contribution >= 0.6 is 11.6 Å². The molecule has 2 aromatic rings. The highest BCUT2D eigenvalue weighted by molar-refractivity contribution is 6.30. The number of hydrogen-bond acceptors (Lipinski definition) is 4. The molecule has 0 aliphatic carbocycles. The van der Waals surface area contributed by atoms with E-state index in [1.165, 1.54) is 0 Å². The zero-order valence-corrected chi connectivity index (χ0v) is 10.5. The minimum atomic E-state index is 0.416. The lowest BCUT2D eigenvalue weighted by Crippen LogP contribution is -2.22. The van der Waals surface area contributed by atoms with Crippen LogP contribution in [0.4, 0.5) is 0 Å². The van der Waals surface area contributed by atoms with Crippen LogP contribution in [0.1, 0.15) is 19.5 Å². The second-order valence-electron chi connectivity index (χ2n) is 4.01. The van der Waals surface area contributed by atoms with Crippen LogP contribution < -0.4 is 5.32 Å². The standard InChI is InChI=1S/C11H14ClN5/c1-8(2)14-5-10-4-13-6-11(16-10)17-7-9(12)3-15-17/h3-4,6-8,14H,5H2,1-2H3. The van der Waals surface area contributed by atoms with Crippen molar-refractivity contribution in [2.45, 2.75) is 26.4 Å². The molecule has 0 spiro atoms. The maximum absolute atomic E-state index is 5.81. The van der Waals surface area contributed by atoms with Gasteiger partial charge < -0.3 is 5.32 Å². The van der Waals surface area contributed by atoms with Crippen molar-refractivity contribution in [2.75, 3.05) is 0 Å². The van der Waals surface area contributed by atoms with Crippen molar-refractivity contribution in [1.29, 1.82) is 0 Å². The maximum Gasteiger partial charge on any atom is 0.172 e. The lowest BCUT2D eigenvalue weighted by Gasteiger charge is -2.08. The van der Waals surface area contributed by atoms with Crippen molar-refractivity contribution in [1.82, 2.24) is 25.1 Å². The first-order valence-corrected chi connectivity index (χ1v) is 5.78. The molecule has 0 aliphatic heterocycles. The van der Waals surface area contributed by atoms with Crippen molar-refractivity contribution < 1.29 is 0 Å². The van der Waals surface area contributed by atoms with Crippen LogP contribution in [0.25, 0.3) is 5.82 Å². The van der Waals surface area contributed by atoms with Gasteiger partial charge in [0.2, 0.25) is 0 Å². The third kappa shape index (κ3) is 3.25. The Labute approximate surface area is 105 Å². The number of hydrogen-bond donors (Lipinski definition) is 1. The van der Waals surface area contributed by atoms with E-state index < -0.39 is 0 Å². The molecule has 0 saturated carbocycles. The van der Waals surface area contributed by atoms with E-state index >= 15 is 0 Å². The molecule has 2 aromatic heterocycles. The van der Waals surface area contributed by atoms with E-state index in [1.807, 2.05) is 0 Å². The van der Waals surface area contributed by atoms with Crippen LogP contribution in [0, 0.1) is 0 Å². The molecule has 1 N–H and O–H groups in total. The fourth-order valence-corrected chi connectivity index (χ4v) is 1.46. The molecule has 0 atom stereocenters. The van der Waals surface area contributed by atoms with E-state index in [0.717, 1.165) is 5.69 Å². The van der Waals surface area contributed by atoms with Crippen molar-refractivity contribution >= 4 is 11.6 Å². The van der Waals surface area contributed by atoms with Crippen molar-refractivity contribution in [3.05, 3.63) is 35.5 Å². The van der Waals surface area contributed by atoms with E-state index in [0.29, 0.717) is 23.4 Å². The number of nitrogens with zero attached hydrogens (tertiary/aromatic N) is 4. The molecule has 90 valence electrons. The monoisotopic (exact) mass is 251 g/mol. The van der Waals surface area contributed by atoms with Crippen LogP contribution in [-0.2, 0) is 6.54 Å². The SMILES string of the molecule is CC(C)NCc1cncc(-n2cc(Cl)cn2)n1. The van der Waals surface area contributed by atoms with E-state index in [-0.39, 0.29) is 0 Å². The van der Waals surface area contributed by atoms with Gasteiger partial charge in [-0.2, -0.15) is 5.10 Å². The molecule has 6 heteroatoms. The summed E-state index contributed by atoms with van der Waals surface area (Å²) in [6, 6.07) is 0.416. The van der Waals surface area contributed by atoms with Crippen LogP contribution in [0.3, 0.4) is 0 Å². The van der Waals surface area contributed by atoms with Gasteiger partial charge in [0, 0.05) is 18.8 Å². The van der Waals surface area contributed by atoms with Crippen molar-refractivity contribution in [2.24, 2.45) is 0 Å². The van der Waals surface area contributed by atoms with Gasteiger partial charge in [0.05, 0.1) is 29.3 Å². The van der Waals surface area contributed by atoms with Gasteiger partial charge >= 0.3 is 0 Å². The van der Waals surface area contributed by atoms with Gasteiger partial charge in [0.1, 0.15) is 0 Å². The summed E-state index contributed by atoms with van der Waals surface area (Å²) in [5.41, 5.74) is 0.878. The molecular formula is C11H14ClN5. The van der Waals surface area contributed by atoms with Gasteiger partial charge in [-0.15, -0.1) is 0 Å². The van der Waals surface area contributed by atoms with Crippen LogP contribution in [-0.4, -0.2) is 25.8 Å². The summed E-state index contributed by atoms with van der Waals surface area (Å²) in [5, 5.41) is 7.95. The first-order valence-electron chi connectivity index (χ1n) is 5.40. The topological polar surface area (TPSA) is 55.6 Å². The molecular weight excluding hydrogens is 238 g/mol. The van der Waals surface area contributed by atoms with Gasteiger partial charge in [-0.05, 0) is 0 Å². The van der Waals surface area contributed by atoms with E-state index in [4.69, 9.17) is 11.6 Å². The largest absolute Gasteiger partial charge is 0.309 e.